The van der Waals surface area contributed by atoms with Gasteiger partial charge in [0.1, 0.15) is 0 Å². The molecule has 1 heterocycles. The fourth-order valence-corrected chi connectivity index (χ4v) is 7.41. The van der Waals surface area contributed by atoms with Crippen molar-refractivity contribution in [2.24, 2.45) is 0 Å². The number of rotatable bonds is 8. The van der Waals surface area contributed by atoms with Crippen LogP contribution in [0.15, 0.2) is 0 Å². The molecule has 1 aliphatic heterocycles. The molecule has 1 aliphatic rings. The van der Waals surface area contributed by atoms with Crippen molar-refractivity contribution in [2.75, 3.05) is 33.9 Å². The molecule has 1 atom stereocenters. The molecule has 0 saturated carbocycles. The van der Waals surface area contributed by atoms with Crippen LogP contribution in [0, 0.1) is 0 Å². The quantitative estimate of drug-likeness (QED) is 0.643. The Kier molecular flexibility index (Phi) is 6.50. The lowest BCUT2D eigenvalue weighted by atomic mass is 10.4. The van der Waals surface area contributed by atoms with E-state index in [1.54, 1.807) is 14.2 Å². The largest absolute Gasteiger partial charge is 0.403 e. The second-order valence-corrected chi connectivity index (χ2v) is 12.7. The molecule has 4 nitrogen and oxygen atoms in total. The van der Waals surface area contributed by atoms with E-state index in [4.69, 9.17) is 13.3 Å². The first-order valence-electron chi connectivity index (χ1n) is 6.99. The van der Waals surface area contributed by atoms with Crippen molar-refractivity contribution >= 4 is 17.0 Å². The number of hydrogen-bond acceptors (Lipinski definition) is 4. The van der Waals surface area contributed by atoms with Crippen LogP contribution in [0.25, 0.3) is 0 Å². The van der Waals surface area contributed by atoms with Gasteiger partial charge in [-0.25, -0.2) is 0 Å². The molecule has 0 aromatic rings. The third-order valence-corrected chi connectivity index (χ3v) is 11.1. The molecular formula is C12H29NO3Si2. The molecule has 0 radical (unpaired) electrons. The monoisotopic (exact) mass is 291 g/mol. The lowest BCUT2D eigenvalue weighted by Crippen LogP contribution is -2.49. The predicted molar refractivity (Wildman–Crippen MR) is 79.3 cm³/mol. The summed E-state index contributed by atoms with van der Waals surface area (Å²) in [6, 6.07) is 2.34. The van der Waals surface area contributed by atoms with Gasteiger partial charge in [0.15, 0.2) is 0 Å². The fraction of sp³-hybridized carbons (Fsp3) is 1.00. The Hall–Kier alpha value is 0.274. The lowest BCUT2D eigenvalue weighted by molar-refractivity contribution is 0.243. The van der Waals surface area contributed by atoms with E-state index >= 15 is 0 Å². The Morgan fingerprint density at radius 3 is 2.50 bits per heavy atom. The molecule has 1 rings (SSSR count). The first-order valence-corrected chi connectivity index (χ1v) is 12.1. The van der Waals surface area contributed by atoms with Gasteiger partial charge in [0.25, 0.3) is 8.48 Å². The zero-order valence-corrected chi connectivity index (χ0v) is 14.6. The topological polar surface area (TPSA) is 30.9 Å². The zero-order chi connectivity index (χ0) is 13.6. The second-order valence-electron chi connectivity index (χ2n) is 5.34. The summed E-state index contributed by atoms with van der Waals surface area (Å²) < 4.78 is 19.7. The molecule has 0 spiro atoms. The minimum atomic E-state index is -1.89. The Labute approximate surface area is 114 Å². The molecular weight excluding hydrogens is 262 g/mol. The fourth-order valence-electron chi connectivity index (χ4n) is 2.69. The minimum Gasteiger partial charge on any atom is -0.403 e. The highest BCUT2D eigenvalue weighted by Crippen LogP contribution is 2.27. The average molecular weight is 292 g/mol. The highest BCUT2D eigenvalue weighted by molar-refractivity contribution is 6.70. The maximum atomic E-state index is 6.05. The summed E-state index contributed by atoms with van der Waals surface area (Å²) >= 11 is 0. The number of hydrogen-bond donors (Lipinski definition) is 0. The van der Waals surface area contributed by atoms with E-state index in [0.717, 1.165) is 25.6 Å². The van der Waals surface area contributed by atoms with Crippen LogP contribution in [0.1, 0.15) is 19.8 Å². The molecule has 0 bridgehead atoms. The van der Waals surface area contributed by atoms with Gasteiger partial charge in [-0.1, -0.05) is 0 Å². The van der Waals surface area contributed by atoms with Gasteiger partial charge in [0.05, 0.1) is 0 Å². The number of nitrogens with zero attached hydrogens (tertiary/aromatic N) is 1. The smallest absolute Gasteiger partial charge is 0.334 e. The first-order chi connectivity index (χ1) is 8.49. The average Bonchev–Trinajstić information content (AvgIpc) is 2.71. The van der Waals surface area contributed by atoms with Crippen LogP contribution in [0.2, 0.25) is 25.2 Å². The summed E-state index contributed by atoms with van der Waals surface area (Å²) in [6.45, 7) is 9.79. The molecule has 1 saturated heterocycles. The molecule has 108 valence electrons. The summed E-state index contributed by atoms with van der Waals surface area (Å²) in [5, 5.41) is 0. The normalized spacial score (nSPS) is 25.8. The summed E-state index contributed by atoms with van der Waals surface area (Å²) in [7, 11) is 0.0856. The summed E-state index contributed by atoms with van der Waals surface area (Å²) in [5.41, 5.74) is 0. The van der Waals surface area contributed by atoms with Gasteiger partial charge < -0.3 is 17.8 Å². The van der Waals surface area contributed by atoms with Crippen molar-refractivity contribution < 1.29 is 13.3 Å². The molecule has 18 heavy (non-hydrogen) atoms. The zero-order valence-electron chi connectivity index (χ0n) is 12.6. The van der Waals surface area contributed by atoms with Gasteiger partial charge in [0.2, 0.25) is 0 Å². The van der Waals surface area contributed by atoms with Crippen molar-refractivity contribution in [1.29, 1.82) is 0 Å². The van der Waals surface area contributed by atoms with Crippen molar-refractivity contribution in [3.63, 3.8) is 0 Å². The standard InChI is InChI=1S/C12H29NO3Si2/c1-6-16-17(4)11-7-9-13(17)10-8-12-18(5,14-2)15-3/h6-12H2,1-5H3. The van der Waals surface area contributed by atoms with E-state index in [9.17, 15) is 0 Å². The Balaban J connectivity index is 2.39. The lowest BCUT2D eigenvalue weighted by Gasteiger charge is -2.33. The second kappa shape index (κ2) is 7.16. The Morgan fingerprint density at radius 2 is 1.94 bits per heavy atom. The maximum absolute atomic E-state index is 6.05. The van der Waals surface area contributed by atoms with E-state index in [0.29, 0.717) is 0 Å². The van der Waals surface area contributed by atoms with Crippen molar-refractivity contribution in [1.82, 2.24) is 4.57 Å². The van der Waals surface area contributed by atoms with Crippen LogP contribution >= 0.6 is 0 Å². The van der Waals surface area contributed by atoms with Crippen LogP contribution < -0.4 is 0 Å². The van der Waals surface area contributed by atoms with E-state index in [2.05, 4.69) is 24.6 Å². The molecule has 0 aliphatic carbocycles. The molecule has 0 aromatic carbocycles. The first kappa shape index (κ1) is 16.3. The van der Waals surface area contributed by atoms with Crippen LogP contribution in [0.5, 0.6) is 0 Å². The SMILES string of the molecule is CCO[Si]1(C)CCCN1CCC[Si](C)(OC)OC. The molecule has 1 unspecified atom stereocenters. The van der Waals surface area contributed by atoms with Crippen LogP contribution in [0.4, 0.5) is 0 Å². The van der Waals surface area contributed by atoms with Crippen LogP contribution in [0.3, 0.4) is 0 Å². The molecule has 0 aromatic heterocycles. The van der Waals surface area contributed by atoms with E-state index in [1.165, 1.54) is 19.0 Å². The van der Waals surface area contributed by atoms with Gasteiger partial charge in [0, 0.05) is 20.8 Å². The Bertz CT molecular complexity index is 251. The molecule has 0 amide bonds. The van der Waals surface area contributed by atoms with Crippen LogP contribution in [-0.4, -0.2) is 55.5 Å². The molecule has 0 N–H and O–H groups in total. The molecule has 1 fully saturated rings. The third-order valence-electron chi connectivity index (χ3n) is 4.12. The molecule has 6 heteroatoms. The van der Waals surface area contributed by atoms with Crippen molar-refractivity contribution in [2.45, 2.75) is 44.9 Å². The van der Waals surface area contributed by atoms with Gasteiger partial charge in [-0.05, 0) is 58.0 Å². The summed E-state index contributed by atoms with van der Waals surface area (Å²) in [4.78, 5) is 0. The Morgan fingerprint density at radius 1 is 1.28 bits per heavy atom. The van der Waals surface area contributed by atoms with Crippen molar-refractivity contribution in [3.8, 4) is 0 Å². The highest BCUT2D eigenvalue weighted by atomic mass is 28.4. The highest BCUT2D eigenvalue weighted by Gasteiger charge is 2.41. The van der Waals surface area contributed by atoms with Gasteiger partial charge in [-0.2, -0.15) is 0 Å². The van der Waals surface area contributed by atoms with Crippen molar-refractivity contribution in [3.05, 3.63) is 0 Å². The third kappa shape index (κ3) is 4.14. The minimum absolute atomic E-state index is 0.849. The van der Waals surface area contributed by atoms with E-state index < -0.39 is 17.0 Å². The summed E-state index contributed by atoms with van der Waals surface area (Å²) in [5.74, 6) is 0. The van der Waals surface area contributed by atoms with Crippen LogP contribution in [-0.2, 0) is 13.3 Å². The van der Waals surface area contributed by atoms with Gasteiger partial charge in [-0.3, -0.25) is 0 Å². The summed E-state index contributed by atoms with van der Waals surface area (Å²) in [6.07, 6.45) is 2.45. The maximum Gasteiger partial charge on any atom is 0.334 e. The van der Waals surface area contributed by atoms with Gasteiger partial charge >= 0.3 is 8.56 Å². The van der Waals surface area contributed by atoms with Gasteiger partial charge in [-0.15, -0.1) is 0 Å². The predicted octanol–water partition coefficient (Wildman–Crippen LogP) is 2.56. The van der Waals surface area contributed by atoms with E-state index in [-0.39, 0.29) is 0 Å². The van der Waals surface area contributed by atoms with E-state index in [1.807, 2.05) is 0 Å².